The number of carbonyl (C=O) groups excluding carboxylic acids is 1. The number of methoxy groups -OCH3 is 1. The second kappa shape index (κ2) is 9.15. The smallest absolute Gasteiger partial charge is 0.248 e. The van der Waals surface area contributed by atoms with Gasteiger partial charge in [0.05, 0.1) is 18.8 Å². The molecule has 0 radical (unpaired) electrons. The van der Waals surface area contributed by atoms with Gasteiger partial charge >= 0.3 is 0 Å². The van der Waals surface area contributed by atoms with Crippen molar-refractivity contribution in [3.8, 4) is 5.75 Å². The summed E-state index contributed by atoms with van der Waals surface area (Å²) >= 11 is 6.13. The lowest BCUT2D eigenvalue weighted by atomic mass is 10.1. The average molecular weight is 471 g/mol. The molecular formula is C20H27ClN4O5S. The molecule has 1 fully saturated rings. The summed E-state index contributed by atoms with van der Waals surface area (Å²) in [6, 6.07) is 2.97. The zero-order valence-electron chi connectivity index (χ0n) is 18.2. The van der Waals surface area contributed by atoms with Crippen molar-refractivity contribution in [2.24, 2.45) is 0 Å². The molecule has 1 aliphatic heterocycles. The third kappa shape index (κ3) is 4.72. The number of nitrogens with one attached hydrogen (secondary N) is 1. The zero-order chi connectivity index (χ0) is 22.9. The van der Waals surface area contributed by atoms with Crippen LogP contribution in [-0.2, 0) is 14.8 Å². The molecule has 1 amide bonds. The van der Waals surface area contributed by atoms with Crippen molar-refractivity contribution in [3.05, 3.63) is 34.2 Å². The van der Waals surface area contributed by atoms with E-state index < -0.39 is 16.1 Å². The van der Waals surface area contributed by atoms with Gasteiger partial charge in [-0.2, -0.15) is 4.31 Å². The summed E-state index contributed by atoms with van der Waals surface area (Å²) in [6.45, 7) is 8.23. The number of carbonyl (C=O) groups is 1. The van der Waals surface area contributed by atoms with Crippen molar-refractivity contribution < 1.29 is 22.5 Å². The third-order valence-corrected chi connectivity index (χ3v) is 8.06. The van der Waals surface area contributed by atoms with Gasteiger partial charge in [-0.3, -0.25) is 9.69 Å². The lowest BCUT2D eigenvalue weighted by molar-refractivity contribution is -0.121. The van der Waals surface area contributed by atoms with Crippen molar-refractivity contribution in [1.82, 2.24) is 14.4 Å². The lowest BCUT2D eigenvalue weighted by Gasteiger charge is -2.36. The van der Waals surface area contributed by atoms with Gasteiger partial charge in [-0.25, -0.2) is 8.42 Å². The predicted molar refractivity (Wildman–Crippen MR) is 117 cm³/mol. The Hall–Kier alpha value is -2.14. The van der Waals surface area contributed by atoms with E-state index in [9.17, 15) is 13.2 Å². The van der Waals surface area contributed by atoms with E-state index in [2.05, 4.69) is 10.5 Å². The van der Waals surface area contributed by atoms with E-state index in [1.54, 1.807) is 32.9 Å². The number of piperazine rings is 1. The Bertz CT molecular complexity index is 1060. The summed E-state index contributed by atoms with van der Waals surface area (Å²) in [5.41, 5.74) is 1.71. The average Bonchev–Trinajstić information content (AvgIpc) is 3.08. The summed E-state index contributed by atoms with van der Waals surface area (Å²) in [5.74, 6) is 0.549. The molecule has 0 bridgehead atoms. The van der Waals surface area contributed by atoms with Gasteiger partial charge in [-0.05, 0) is 39.3 Å². The van der Waals surface area contributed by atoms with E-state index in [4.69, 9.17) is 20.9 Å². The van der Waals surface area contributed by atoms with Gasteiger partial charge < -0.3 is 14.6 Å². The molecule has 1 aliphatic rings. The van der Waals surface area contributed by atoms with Crippen LogP contribution in [0.15, 0.2) is 21.6 Å². The molecule has 2 heterocycles. The molecule has 1 aromatic heterocycles. The largest absolute Gasteiger partial charge is 0.495 e. The normalized spacial score (nSPS) is 16.8. The van der Waals surface area contributed by atoms with Crippen LogP contribution in [0.5, 0.6) is 5.75 Å². The van der Waals surface area contributed by atoms with E-state index in [1.807, 2.05) is 11.8 Å². The summed E-state index contributed by atoms with van der Waals surface area (Å²) in [6.07, 6.45) is 0. The maximum atomic E-state index is 13.0. The van der Waals surface area contributed by atoms with E-state index in [0.29, 0.717) is 35.2 Å². The van der Waals surface area contributed by atoms with Crippen molar-refractivity contribution in [2.75, 3.05) is 38.6 Å². The van der Waals surface area contributed by atoms with Gasteiger partial charge in [-0.15, -0.1) is 0 Å². The molecule has 1 aromatic carbocycles. The summed E-state index contributed by atoms with van der Waals surface area (Å²) < 4.78 is 37.7. The number of ether oxygens (including phenoxy) is 1. The van der Waals surface area contributed by atoms with E-state index in [-0.39, 0.29) is 29.7 Å². The highest BCUT2D eigenvalue weighted by Gasteiger charge is 2.35. The molecule has 1 atom stereocenters. The number of halogens is 1. The van der Waals surface area contributed by atoms with E-state index in [1.165, 1.54) is 11.4 Å². The van der Waals surface area contributed by atoms with Gasteiger partial charge in [0.15, 0.2) is 5.76 Å². The lowest BCUT2D eigenvalue weighted by Crippen LogP contribution is -2.54. The summed E-state index contributed by atoms with van der Waals surface area (Å²) in [5, 5.41) is 7.19. The van der Waals surface area contributed by atoms with Crippen molar-refractivity contribution in [3.63, 3.8) is 0 Å². The monoisotopic (exact) mass is 470 g/mol. The first-order valence-electron chi connectivity index (χ1n) is 9.88. The van der Waals surface area contributed by atoms with Crippen molar-refractivity contribution >= 4 is 33.2 Å². The second-order valence-electron chi connectivity index (χ2n) is 7.56. The van der Waals surface area contributed by atoms with Gasteiger partial charge in [0.25, 0.3) is 0 Å². The number of aromatic nitrogens is 1. The highest BCUT2D eigenvalue weighted by Crippen LogP contribution is 2.31. The first-order chi connectivity index (χ1) is 14.6. The number of hydrogen-bond donors (Lipinski definition) is 1. The first kappa shape index (κ1) is 23.5. The number of rotatable bonds is 6. The third-order valence-electron chi connectivity index (χ3n) is 5.50. The Balaban J connectivity index is 1.66. The van der Waals surface area contributed by atoms with Crippen LogP contribution < -0.4 is 10.1 Å². The first-order valence-corrected chi connectivity index (χ1v) is 11.7. The Morgan fingerprint density at radius 1 is 1.23 bits per heavy atom. The molecule has 0 spiro atoms. The number of amides is 1. The maximum absolute atomic E-state index is 13.0. The van der Waals surface area contributed by atoms with Crippen LogP contribution in [0.4, 0.5) is 5.69 Å². The van der Waals surface area contributed by atoms with Crippen LogP contribution >= 0.6 is 11.6 Å². The molecule has 0 aliphatic carbocycles. The number of sulfonamides is 1. The van der Waals surface area contributed by atoms with Gasteiger partial charge in [0.2, 0.25) is 15.9 Å². The molecular weight excluding hydrogens is 444 g/mol. The fourth-order valence-corrected chi connectivity index (χ4v) is 5.50. The molecule has 31 heavy (non-hydrogen) atoms. The van der Waals surface area contributed by atoms with E-state index in [0.717, 1.165) is 5.56 Å². The van der Waals surface area contributed by atoms with Gasteiger partial charge in [0, 0.05) is 37.3 Å². The van der Waals surface area contributed by atoms with Crippen LogP contribution in [0.2, 0.25) is 5.02 Å². The maximum Gasteiger partial charge on any atom is 0.248 e. The molecule has 1 N–H and O–H groups in total. The van der Waals surface area contributed by atoms with Crippen LogP contribution in [0, 0.1) is 20.8 Å². The number of benzene rings is 1. The molecule has 2 aromatic rings. The molecule has 11 heteroatoms. The number of aryl methyl sites for hydroxylation is 3. The van der Waals surface area contributed by atoms with Crippen molar-refractivity contribution in [2.45, 2.75) is 38.6 Å². The highest BCUT2D eigenvalue weighted by molar-refractivity contribution is 7.89. The Kier molecular flexibility index (Phi) is 6.95. The molecule has 3 rings (SSSR count). The fourth-order valence-electron chi connectivity index (χ4n) is 3.64. The number of nitrogens with zero attached hydrogens (tertiary/aromatic N) is 3. The molecule has 0 saturated carbocycles. The zero-order valence-corrected chi connectivity index (χ0v) is 19.8. The van der Waals surface area contributed by atoms with E-state index >= 15 is 0 Å². The van der Waals surface area contributed by atoms with Gasteiger partial charge in [-0.1, -0.05) is 16.8 Å². The minimum Gasteiger partial charge on any atom is -0.495 e. The van der Waals surface area contributed by atoms with Crippen LogP contribution in [0.25, 0.3) is 0 Å². The Labute approximate surface area is 187 Å². The van der Waals surface area contributed by atoms with Crippen molar-refractivity contribution in [1.29, 1.82) is 0 Å². The molecule has 9 nitrogen and oxygen atoms in total. The second-order valence-corrected chi connectivity index (χ2v) is 9.84. The molecule has 1 saturated heterocycles. The van der Waals surface area contributed by atoms with Gasteiger partial charge in [0.1, 0.15) is 16.3 Å². The molecule has 170 valence electrons. The predicted octanol–water partition coefficient (Wildman–Crippen LogP) is 2.60. The Morgan fingerprint density at radius 3 is 2.42 bits per heavy atom. The number of anilines is 1. The van der Waals surface area contributed by atoms with Crippen LogP contribution in [-0.4, -0.2) is 68.0 Å². The minimum absolute atomic E-state index is 0.122. The van der Waals surface area contributed by atoms with Crippen LogP contribution in [0.1, 0.15) is 23.9 Å². The van der Waals surface area contributed by atoms with Crippen LogP contribution in [0.3, 0.4) is 0 Å². The summed E-state index contributed by atoms with van der Waals surface area (Å²) in [7, 11) is -2.18. The highest BCUT2D eigenvalue weighted by atomic mass is 35.5. The quantitative estimate of drug-likeness (QED) is 0.691. The SMILES string of the molecule is COc1cc(Cl)c(C)cc1NC(=O)[C@H](C)N1CCN(S(=O)(=O)c2c(C)noc2C)CC1. The summed E-state index contributed by atoms with van der Waals surface area (Å²) in [4.78, 5) is 14.9. The fraction of sp³-hybridized carbons (Fsp3) is 0.500. The number of hydrogen-bond acceptors (Lipinski definition) is 7. The molecule has 0 unspecified atom stereocenters. The standard InChI is InChI=1S/C20H27ClN4O5S/c1-12-10-17(18(29-5)11-16(12)21)22-20(26)14(3)24-6-8-25(9-7-24)31(27,28)19-13(2)23-30-15(19)4/h10-11,14H,6-9H2,1-5H3,(H,22,26)/t14-/m0/s1. The topological polar surface area (TPSA) is 105 Å². The minimum atomic E-state index is -3.69. The Morgan fingerprint density at radius 2 is 1.87 bits per heavy atom.